The standard InChI is InChI=1S/C17H29N5OS/c1-21-13-18-20-17(21)24-12-16(23)19-15-8-5-9-22(11-15)10-14-6-3-2-4-7-14/h13-15H,2-12H2,1H3,(H,19,23)/t15-/m0/s1. The highest BCUT2D eigenvalue weighted by molar-refractivity contribution is 7.99. The second-order valence-electron chi connectivity index (χ2n) is 7.18. The molecule has 0 unspecified atom stereocenters. The van der Waals surface area contributed by atoms with Crippen LogP contribution in [0.5, 0.6) is 0 Å². The Kier molecular flexibility index (Phi) is 6.54. The number of hydrogen-bond acceptors (Lipinski definition) is 5. The summed E-state index contributed by atoms with van der Waals surface area (Å²) in [5.41, 5.74) is 0. The minimum atomic E-state index is 0.104. The topological polar surface area (TPSA) is 63.1 Å². The zero-order valence-electron chi connectivity index (χ0n) is 14.6. The maximum Gasteiger partial charge on any atom is 0.230 e. The van der Waals surface area contributed by atoms with Gasteiger partial charge in [0.2, 0.25) is 5.91 Å². The summed E-state index contributed by atoms with van der Waals surface area (Å²) in [5, 5.41) is 11.8. The molecule has 2 fully saturated rings. The summed E-state index contributed by atoms with van der Waals surface area (Å²) in [7, 11) is 1.89. The van der Waals surface area contributed by atoms with Crippen LogP contribution in [0.3, 0.4) is 0 Å². The van der Waals surface area contributed by atoms with E-state index in [0.29, 0.717) is 11.8 Å². The van der Waals surface area contributed by atoms with Crippen LogP contribution in [-0.4, -0.2) is 57.0 Å². The van der Waals surface area contributed by atoms with Crippen LogP contribution in [0, 0.1) is 5.92 Å². The smallest absolute Gasteiger partial charge is 0.230 e. The fourth-order valence-corrected chi connectivity index (χ4v) is 4.58. The number of hydrogen-bond donors (Lipinski definition) is 1. The second-order valence-corrected chi connectivity index (χ2v) is 8.13. The lowest BCUT2D eigenvalue weighted by atomic mass is 9.88. The molecule has 1 aromatic rings. The van der Waals surface area contributed by atoms with E-state index in [1.165, 1.54) is 63.4 Å². The molecule has 24 heavy (non-hydrogen) atoms. The van der Waals surface area contributed by atoms with Crippen molar-refractivity contribution in [2.45, 2.75) is 56.1 Å². The molecular weight excluding hydrogens is 322 g/mol. The summed E-state index contributed by atoms with van der Waals surface area (Å²) < 4.78 is 1.84. The molecule has 1 amide bonds. The third kappa shape index (κ3) is 5.21. The Balaban J connectivity index is 1.39. The Hall–Kier alpha value is -1.08. The summed E-state index contributed by atoms with van der Waals surface area (Å²) in [5.74, 6) is 1.39. The van der Waals surface area contributed by atoms with E-state index in [1.54, 1.807) is 6.33 Å². The molecule has 1 aromatic heterocycles. The van der Waals surface area contributed by atoms with E-state index in [-0.39, 0.29) is 5.91 Å². The quantitative estimate of drug-likeness (QED) is 0.795. The summed E-state index contributed by atoms with van der Waals surface area (Å²) in [6.07, 6.45) is 10.9. The number of nitrogens with zero attached hydrogens (tertiary/aromatic N) is 4. The average Bonchev–Trinajstić information content (AvgIpc) is 2.99. The van der Waals surface area contributed by atoms with Gasteiger partial charge in [0.05, 0.1) is 5.75 Å². The van der Waals surface area contributed by atoms with Gasteiger partial charge < -0.3 is 14.8 Å². The van der Waals surface area contributed by atoms with Crippen molar-refractivity contribution in [3.05, 3.63) is 6.33 Å². The number of amides is 1. The van der Waals surface area contributed by atoms with Crippen molar-refractivity contribution in [3.8, 4) is 0 Å². The number of nitrogens with one attached hydrogen (secondary N) is 1. The molecule has 2 heterocycles. The van der Waals surface area contributed by atoms with Gasteiger partial charge >= 0.3 is 0 Å². The number of likely N-dealkylation sites (tertiary alicyclic amines) is 1. The Morgan fingerprint density at radius 1 is 1.29 bits per heavy atom. The molecule has 0 radical (unpaired) electrons. The maximum atomic E-state index is 12.2. The lowest BCUT2D eigenvalue weighted by Crippen LogP contribution is -2.49. The number of rotatable bonds is 6. The first-order chi connectivity index (χ1) is 11.7. The Labute approximate surface area is 148 Å². The van der Waals surface area contributed by atoms with Crippen LogP contribution < -0.4 is 5.32 Å². The highest BCUT2D eigenvalue weighted by Gasteiger charge is 2.24. The van der Waals surface area contributed by atoms with Crippen LogP contribution in [0.1, 0.15) is 44.9 Å². The molecule has 1 saturated carbocycles. The van der Waals surface area contributed by atoms with E-state index < -0.39 is 0 Å². The molecule has 1 atom stereocenters. The number of thioether (sulfide) groups is 1. The van der Waals surface area contributed by atoms with Crippen molar-refractivity contribution < 1.29 is 4.79 Å². The minimum Gasteiger partial charge on any atom is -0.351 e. The van der Waals surface area contributed by atoms with Crippen LogP contribution in [0.25, 0.3) is 0 Å². The van der Waals surface area contributed by atoms with Crippen LogP contribution >= 0.6 is 11.8 Å². The molecule has 1 aliphatic heterocycles. The summed E-state index contributed by atoms with van der Waals surface area (Å²) in [4.78, 5) is 14.8. The van der Waals surface area contributed by atoms with Crippen LogP contribution in [0.15, 0.2) is 11.5 Å². The van der Waals surface area contributed by atoms with Crippen LogP contribution in [0.4, 0.5) is 0 Å². The molecule has 134 valence electrons. The first-order valence-corrected chi connectivity index (χ1v) is 10.2. The highest BCUT2D eigenvalue weighted by Crippen LogP contribution is 2.25. The van der Waals surface area contributed by atoms with Gasteiger partial charge in [-0.1, -0.05) is 31.0 Å². The van der Waals surface area contributed by atoms with E-state index in [1.807, 2.05) is 11.6 Å². The molecule has 1 aliphatic carbocycles. The zero-order valence-corrected chi connectivity index (χ0v) is 15.4. The van der Waals surface area contributed by atoms with Gasteiger partial charge in [-0.05, 0) is 38.1 Å². The molecule has 1 saturated heterocycles. The largest absolute Gasteiger partial charge is 0.351 e. The molecule has 2 aliphatic rings. The Bertz CT molecular complexity index is 529. The predicted molar refractivity (Wildman–Crippen MR) is 95.9 cm³/mol. The van der Waals surface area contributed by atoms with Gasteiger partial charge in [0.1, 0.15) is 6.33 Å². The number of aryl methyl sites for hydroxylation is 1. The molecule has 7 heteroatoms. The van der Waals surface area contributed by atoms with Crippen molar-refractivity contribution in [1.29, 1.82) is 0 Å². The second kappa shape index (κ2) is 8.85. The van der Waals surface area contributed by atoms with Gasteiger partial charge in [0, 0.05) is 26.2 Å². The molecule has 6 nitrogen and oxygen atoms in total. The molecule has 0 aromatic carbocycles. The Morgan fingerprint density at radius 2 is 2.12 bits per heavy atom. The van der Waals surface area contributed by atoms with Crippen molar-refractivity contribution in [2.24, 2.45) is 13.0 Å². The lowest BCUT2D eigenvalue weighted by Gasteiger charge is -2.36. The summed E-state index contributed by atoms with van der Waals surface area (Å²) in [6.45, 7) is 3.42. The third-order valence-corrected chi connectivity index (χ3v) is 6.15. The van der Waals surface area contributed by atoms with Crippen LogP contribution in [0.2, 0.25) is 0 Å². The van der Waals surface area contributed by atoms with E-state index >= 15 is 0 Å². The fraction of sp³-hybridized carbons (Fsp3) is 0.824. The van der Waals surface area contributed by atoms with E-state index in [0.717, 1.165) is 24.0 Å². The third-order valence-electron chi connectivity index (χ3n) is 5.11. The number of aromatic nitrogens is 3. The van der Waals surface area contributed by atoms with Crippen molar-refractivity contribution >= 4 is 17.7 Å². The minimum absolute atomic E-state index is 0.104. The summed E-state index contributed by atoms with van der Waals surface area (Å²) >= 11 is 1.44. The normalized spacial score (nSPS) is 23.3. The van der Waals surface area contributed by atoms with Crippen molar-refractivity contribution in [1.82, 2.24) is 25.0 Å². The van der Waals surface area contributed by atoms with Gasteiger partial charge in [0.15, 0.2) is 5.16 Å². The van der Waals surface area contributed by atoms with Gasteiger partial charge in [0.25, 0.3) is 0 Å². The van der Waals surface area contributed by atoms with E-state index in [2.05, 4.69) is 20.4 Å². The van der Waals surface area contributed by atoms with Gasteiger partial charge in [-0.25, -0.2) is 0 Å². The molecule has 1 N–H and O–H groups in total. The van der Waals surface area contributed by atoms with Crippen molar-refractivity contribution in [3.63, 3.8) is 0 Å². The maximum absolute atomic E-state index is 12.2. The predicted octanol–water partition coefficient (Wildman–Crippen LogP) is 2.07. The average molecular weight is 352 g/mol. The monoisotopic (exact) mass is 351 g/mol. The molecule has 0 spiro atoms. The Morgan fingerprint density at radius 3 is 2.88 bits per heavy atom. The summed E-state index contributed by atoms with van der Waals surface area (Å²) in [6, 6.07) is 0.301. The van der Waals surface area contributed by atoms with E-state index in [4.69, 9.17) is 0 Å². The molecule has 3 rings (SSSR count). The lowest BCUT2D eigenvalue weighted by molar-refractivity contribution is -0.119. The van der Waals surface area contributed by atoms with Crippen LogP contribution in [-0.2, 0) is 11.8 Å². The van der Waals surface area contributed by atoms with Gasteiger partial charge in [-0.15, -0.1) is 10.2 Å². The van der Waals surface area contributed by atoms with Crippen molar-refractivity contribution in [2.75, 3.05) is 25.4 Å². The molecule has 0 bridgehead atoms. The number of carbonyl (C=O) groups excluding carboxylic acids is 1. The number of piperidine rings is 1. The fourth-order valence-electron chi connectivity index (χ4n) is 3.88. The highest BCUT2D eigenvalue weighted by atomic mass is 32.2. The molecular formula is C17H29N5OS. The number of carbonyl (C=O) groups is 1. The first kappa shape index (κ1) is 17.7. The van der Waals surface area contributed by atoms with Gasteiger partial charge in [-0.2, -0.15) is 0 Å². The zero-order chi connectivity index (χ0) is 16.8. The first-order valence-electron chi connectivity index (χ1n) is 9.19. The van der Waals surface area contributed by atoms with Gasteiger partial charge in [-0.3, -0.25) is 4.79 Å². The van der Waals surface area contributed by atoms with E-state index in [9.17, 15) is 4.79 Å². The SMILES string of the molecule is Cn1cnnc1SCC(=O)N[C@H]1CCCN(CC2CCCCC2)C1.